The molecule has 1 aromatic carbocycles. The predicted molar refractivity (Wildman–Crippen MR) is 88.7 cm³/mol. The number of carbonyl (C=O) groups is 1. The van der Waals surface area contributed by atoms with Crippen LogP contribution in [0.1, 0.15) is 23.2 Å². The van der Waals surface area contributed by atoms with Crippen LogP contribution >= 0.6 is 11.6 Å². The molecular weight excluding hydrogens is 338 g/mol. The number of hydrogen-bond acceptors (Lipinski definition) is 3. The van der Waals surface area contributed by atoms with Gasteiger partial charge in [0.25, 0.3) is 16.1 Å². The molecular formula is C15H20ClN3O3S. The molecule has 0 atom stereocenters. The molecule has 0 saturated carbocycles. The highest BCUT2D eigenvalue weighted by molar-refractivity contribution is 7.86. The van der Waals surface area contributed by atoms with Gasteiger partial charge in [0.2, 0.25) is 0 Å². The van der Waals surface area contributed by atoms with E-state index >= 15 is 0 Å². The fraction of sp³-hybridized carbons (Fsp3) is 0.533. The third-order valence-corrected chi connectivity index (χ3v) is 6.59. The number of piperazine rings is 1. The van der Waals surface area contributed by atoms with Crippen molar-refractivity contribution in [2.24, 2.45) is 0 Å². The molecule has 0 radical (unpaired) electrons. The van der Waals surface area contributed by atoms with Crippen molar-refractivity contribution in [3.8, 4) is 0 Å². The number of nitrogens with zero attached hydrogens (tertiary/aromatic N) is 3. The summed E-state index contributed by atoms with van der Waals surface area (Å²) in [6.07, 6.45) is 1.85. The summed E-state index contributed by atoms with van der Waals surface area (Å²) in [6.45, 7) is 2.68. The Kier molecular flexibility index (Phi) is 4.91. The first-order chi connectivity index (χ1) is 11.0. The fourth-order valence-electron chi connectivity index (χ4n) is 3.01. The van der Waals surface area contributed by atoms with Gasteiger partial charge in [-0.3, -0.25) is 4.79 Å². The van der Waals surface area contributed by atoms with Crippen molar-refractivity contribution in [3.05, 3.63) is 34.9 Å². The van der Waals surface area contributed by atoms with E-state index in [1.807, 2.05) is 0 Å². The lowest BCUT2D eigenvalue weighted by Gasteiger charge is -2.35. The standard InChI is InChI=1S/C15H20ClN3O3S/c16-14-5-3-4-13(12-14)15(20)17-8-10-19(11-9-17)23(21,22)18-6-1-2-7-18/h3-5,12H,1-2,6-11H2. The lowest BCUT2D eigenvalue weighted by molar-refractivity contribution is 0.0694. The minimum absolute atomic E-state index is 0.106. The zero-order chi connectivity index (χ0) is 16.4. The summed E-state index contributed by atoms with van der Waals surface area (Å²) in [5, 5.41) is 0.520. The Morgan fingerprint density at radius 2 is 1.57 bits per heavy atom. The summed E-state index contributed by atoms with van der Waals surface area (Å²) >= 11 is 5.92. The smallest absolute Gasteiger partial charge is 0.282 e. The predicted octanol–water partition coefficient (Wildman–Crippen LogP) is 1.44. The van der Waals surface area contributed by atoms with Crippen molar-refractivity contribution in [2.45, 2.75) is 12.8 Å². The van der Waals surface area contributed by atoms with Crippen LogP contribution in [0.25, 0.3) is 0 Å². The summed E-state index contributed by atoms with van der Waals surface area (Å²) in [4.78, 5) is 14.1. The third kappa shape index (κ3) is 3.52. The second-order valence-electron chi connectivity index (χ2n) is 5.82. The first-order valence-corrected chi connectivity index (χ1v) is 9.56. The van der Waals surface area contributed by atoms with Crippen LogP contribution in [0, 0.1) is 0 Å². The molecule has 2 heterocycles. The van der Waals surface area contributed by atoms with E-state index in [1.54, 1.807) is 33.5 Å². The second kappa shape index (κ2) is 6.76. The van der Waals surface area contributed by atoms with Crippen molar-refractivity contribution < 1.29 is 13.2 Å². The van der Waals surface area contributed by atoms with Crippen LogP contribution < -0.4 is 0 Å². The van der Waals surface area contributed by atoms with Gasteiger partial charge < -0.3 is 4.90 Å². The maximum atomic E-state index is 12.5. The normalized spacial score (nSPS) is 20.8. The monoisotopic (exact) mass is 357 g/mol. The van der Waals surface area contributed by atoms with E-state index in [0.717, 1.165) is 12.8 Å². The molecule has 2 saturated heterocycles. The maximum Gasteiger partial charge on any atom is 0.282 e. The van der Waals surface area contributed by atoms with E-state index in [2.05, 4.69) is 0 Å². The molecule has 3 rings (SSSR count). The first-order valence-electron chi connectivity index (χ1n) is 7.78. The Bertz CT molecular complexity index is 681. The van der Waals surface area contributed by atoms with Gasteiger partial charge in [-0.1, -0.05) is 17.7 Å². The lowest BCUT2D eigenvalue weighted by Crippen LogP contribution is -2.53. The van der Waals surface area contributed by atoms with Gasteiger partial charge >= 0.3 is 0 Å². The maximum absolute atomic E-state index is 12.5. The summed E-state index contributed by atoms with van der Waals surface area (Å²) in [7, 11) is -3.37. The number of hydrogen-bond donors (Lipinski definition) is 0. The Hall–Kier alpha value is -1.15. The third-order valence-electron chi connectivity index (χ3n) is 4.32. The van der Waals surface area contributed by atoms with Crippen LogP contribution in [0.2, 0.25) is 5.02 Å². The van der Waals surface area contributed by atoms with E-state index < -0.39 is 10.2 Å². The molecule has 2 aliphatic rings. The zero-order valence-corrected chi connectivity index (χ0v) is 14.4. The van der Waals surface area contributed by atoms with E-state index in [-0.39, 0.29) is 5.91 Å². The largest absolute Gasteiger partial charge is 0.336 e. The van der Waals surface area contributed by atoms with Gasteiger partial charge in [-0.2, -0.15) is 17.0 Å². The van der Waals surface area contributed by atoms with E-state index in [9.17, 15) is 13.2 Å². The lowest BCUT2D eigenvalue weighted by atomic mass is 10.2. The van der Waals surface area contributed by atoms with Crippen molar-refractivity contribution in [1.29, 1.82) is 0 Å². The molecule has 8 heteroatoms. The van der Waals surface area contributed by atoms with Gasteiger partial charge in [0, 0.05) is 49.9 Å². The molecule has 6 nitrogen and oxygen atoms in total. The number of carbonyl (C=O) groups excluding carboxylic acids is 1. The molecule has 2 aliphatic heterocycles. The molecule has 0 aromatic heterocycles. The van der Waals surface area contributed by atoms with Crippen LogP contribution in [0.3, 0.4) is 0 Å². The molecule has 1 aromatic rings. The molecule has 0 spiro atoms. The molecule has 2 fully saturated rings. The Morgan fingerprint density at radius 3 is 2.17 bits per heavy atom. The summed E-state index contributed by atoms with van der Waals surface area (Å²) in [6, 6.07) is 6.82. The van der Waals surface area contributed by atoms with Gasteiger partial charge in [0.05, 0.1) is 0 Å². The van der Waals surface area contributed by atoms with Crippen LogP contribution in [0.15, 0.2) is 24.3 Å². The van der Waals surface area contributed by atoms with E-state index in [4.69, 9.17) is 11.6 Å². The molecule has 126 valence electrons. The topological polar surface area (TPSA) is 60.9 Å². The first kappa shape index (κ1) is 16.7. The van der Waals surface area contributed by atoms with Gasteiger partial charge in [-0.05, 0) is 31.0 Å². The quantitative estimate of drug-likeness (QED) is 0.822. The minimum atomic E-state index is -3.37. The molecule has 0 aliphatic carbocycles. The highest BCUT2D eigenvalue weighted by Gasteiger charge is 2.34. The molecule has 0 unspecified atom stereocenters. The summed E-state index contributed by atoms with van der Waals surface area (Å²) in [5.74, 6) is -0.106. The molecule has 0 bridgehead atoms. The van der Waals surface area contributed by atoms with Crippen molar-refractivity contribution in [3.63, 3.8) is 0 Å². The average Bonchev–Trinajstić information content (AvgIpc) is 3.09. The highest BCUT2D eigenvalue weighted by Crippen LogP contribution is 2.19. The Labute approximate surface area is 141 Å². The molecule has 0 N–H and O–H groups in total. The summed E-state index contributed by atoms with van der Waals surface area (Å²) < 4.78 is 28.0. The average molecular weight is 358 g/mol. The molecule has 23 heavy (non-hydrogen) atoms. The van der Waals surface area contributed by atoms with Crippen LogP contribution in [-0.2, 0) is 10.2 Å². The Morgan fingerprint density at radius 1 is 0.957 bits per heavy atom. The summed E-state index contributed by atoms with van der Waals surface area (Å²) in [5.41, 5.74) is 0.536. The second-order valence-corrected chi connectivity index (χ2v) is 8.18. The number of benzene rings is 1. The SMILES string of the molecule is O=C(c1cccc(Cl)c1)N1CCN(S(=O)(=O)N2CCCC2)CC1. The number of halogens is 1. The van der Waals surface area contributed by atoms with Gasteiger partial charge in [-0.25, -0.2) is 0 Å². The van der Waals surface area contributed by atoms with Gasteiger partial charge in [0.15, 0.2) is 0 Å². The van der Waals surface area contributed by atoms with E-state index in [0.29, 0.717) is 49.9 Å². The number of rotatable bonds is 3. The number of amides is 1. The fourth-order valence-corrected chi connectivity index (χ4v) is 4.87. The minimum Gasteiger partial charge on any atom is -0.336 e. The van der Waals surface area contributed by atoms with Crippen molar-refractivity contribution in [1.82, 2.24) is 13.5 Å². The van der Waals surface area contributed by atoms with Crippen molar-refractivity contribution >= 4 is 27.7 Å². The van der Waals surface area contributed by atoms with Crippen LogP contribution in [0.4, 0.5) is 0 Å². The Balaban J connectivity index is 1.63. The van der Waals surface area contributed by atoms with Gasteiger partial charge in [0.1, 0.15) is 0 Å². The van der Waals surface area contributed by atoms with Crippen LogP contribution in [0.5, 0.6) is 0 Å². The van der Waals surface area contributed by atoms with Gasteiger partial charge in [-0.15, -0.1) is 0 Å². The van der Waals surface area contributed by atoms with E-state index in [1.165, 1.54) is 4.31 Å². The van der Waals surface area contributed by atoms with Crippen LogP contribution in [-0.4, -0.2) is 67.1 Å². The van der Waals surface area contributed by atoms with Crippen molar-refractivity contribution in [2.75, 3.05) is 39.3 Å². The molecule has 1 amide bonds. The zero-order valence-electron chi connectivity index (χ0n) is 12.8. The highest BCUT2D eigenvalue weighted by atomic mass is 35.5.